The van der Waals surface area contributed by atoms with Crippen molar-refractivity contribution in [1.82, 2.24) is 0 Å². The maximum Gasteiger partial charge on any atom is 0.452 e. The molecule has 13 heavy (non-hydrogen) atoms. The molecule has 5 nitrogen and oxygen atoms in total. The second-order valence-electron chi connectivity index (χ2n) is 1.54. The van der Waals surface area contributed by atoms with Gasteiger partial charge in [0.05, 0.1) is 11.4 Å². The Labute approximate surface area is 78.8 Å². The highest BCUT2D eigenvalue weighted by Crippen LogP contribution is 2.71. The maximum atomic E-state index is 11.5. The summed E-state index contributed by atoms with van der Waals surface area (Å²) in [6.07, 6.45) is 0. The van der Waals surface area contributed by atoms with Crippen LogP contribution in [0.15, 0.2) is 0 Å². The van der Waals surface area contributed by atoms with Crippen LogP contribution in [0.1, 0.15) is 0 Å². The van der Waals surface area contributed by atoms with E-state index in [0.717, 1.165) is 0 Å². The zero-order valence-electron chi connectivity index (χ0n) is 5.43. The van der Waals surface area contributed by atoms with Crippen LogP contribution < -0.4 is 0 Å². The van der Waals surface area contributed by atoms with Crippen molar-refractivity contribution >= 4 is 36.4 Å². The van der Waals surface area contributed by atoms with E-state index in [1.165, 1.54) is 0 Å². The summed E-state index contributed by atoms with van der Waals surface area (Å²) in [6, 6.07) is 0. The Morgan fingerprint density at radius 1 is 1.31 bits per heavy atom. The Kier molecular flexibility index (Phi) is 4.34. The Hall–Kier alpha value is 0.770. The Morgan fingerprint density at radius 3 is 1.92 bits per heavy atom. The van der Waals surface area contributed by atoms with Crippen LogP contribution in [0.5, 0.6) is 0 Å². The molecule has 0 aromatic carbocycles. The lowest BCUT2D eigenvalue weighted by molar-refractivity contribution is -0.0316. The molecule has 0 rings (SSSR count). The minimum absolute atomic E-state index is 1.44. The van der Waals surface area contributed by atoms with Crippen LogP contribution in [0.3, 0.4) is 0 Å². The summed E-state index contributed by atoms with van der Waals surface area (Å²) in [7, 11) is 0. The fourth-order valence-electron chi connectivity index (χ4n) is 0.275. The van der Waals surface area contributed by atoms with E-state index >= 15 is 0 Å². The molecule has 2 N–H and O–H groups in total. The van der Waals surface area contributed by atoms with E-state index in [4.69, 9.17) is 9.79 Å². The van der Waals surface area contributed by atoms with Crippen molar-refractivity contribution in [3.8, 4) is 0 Å². The molecule has 0 aromatic rings. The van der Waals surface area contributed by atoms with Gasteiger partial charge in [-0.1, -0.05) is 0 Å². The second kappa shape index (κ2) is 4.10. The summed E-state index contributed by atoms with van der Waals surface area (Å²) in [6.45, 7) is -10.2. The third-order valence-corrected chi connectivity index (χ3v) is 4.96. The maximum absolute atomic E-state index is 11.5. The summed E-state index contributed by atoms with van der Waals surface area (Å²) in [4.78, 5) is 16.5. The minimum Gasteiger partial charge on any atom is -0.316 e. The molecular formula is CH2ClF3O5P2S. The van der Waals surface area contributed by atoms with Gasteiger partial charge in [-0.25, -0.2) is 13.4 Å². The van der Waals surface area contributed by atoms with E-state index < -0.39 is 30.6 Å². The van der Waals surface area contributed by atoms with Crippen LogP contribution in [0, 0.1) is 0 Å². The van der Waals surface area contributed by atoms with Gasteiger partial charge in [-0.15, -0.1) is 0 Å². The first-order valence-corrected chi connectivity index (χ1v) is 7.73. The van der Waals surface area contributed by atoms with Crippen molar-refractivity contribution in [3.05, 3.63) is 0 Å². The molecule has 0 aliphatic rings. The molecule has 0 fully saturated rings. The second-order valence-corrected chi connectivity index (χ2v) is 7.89. The fourth-order valence-corrected chi connectivity index (χ4v) is 4.67. The normalized spacial score (nSPS) is 22.0. The van der Waals surface area contributed by atoms with E-state index in [0.29, 0.717) is 0 Å². The molecule has 0 saturated carbocycles. The lowest BCUT2D eigenvalue weighted by atomic mass is 11.6. The smallest absolute Gasteiger partial charge is 0.316 e. The SMILES string of the molecule is O=P(O)(Cl)OP(=O)(O)SC(F)(F)F. The standard InChI is InChI=1S/CH2ClF3O5P2S/c2-11(6,7)10-12(8,9)13-1(3,4)5/h(H,6,7)(H,8,9). The van der Waals surface area contributed by atoms with Gasteiger partial charge < -0.3 is 9.79 Å². The van der Waals surface area contributed by atoms with Crippen LogP contribution >= 0.6 is 36.4 Å². The Bertz CT molecular complexity index is 271. The highest BCUT2D eigenvalue weighted by atomic mass is 35.7. The van der Waals surface area contributed by atoms with Gasteiger partial charge in [0, 0.05) is 11.2 Å². The van der Waals surface area contributed by atoms with E-state index in [9.17, 15) is 22.3 Å². The number of hydrogen-bond acceptors (Lipinski definition) is 4. The lowest BCUT2D eigenvalue weighted by Crippen LogP contribution is -1.99. The zero-order valence-corrected chi connectivity index (χ0v) is 8.79. The first-order valence-electron chi connectivity index (χ1n) is 2.25. The van der Waals surface area contributed by atoms with Crippen molar-refractivity contribution in [1.29, 1.82) is 0 Å². The summed E-state index contributed by atoms with van der Waals surface area (Å²) < 4.78 is 58.1. The van der Waals surface area contributed by atoms with Crippen LogP contribution in [0.25, 0.3) is 0 Å². The molecule has 12 heteroatoms. The predicted molar refractivity (Wildman–Crippen MR) is 40.2 cm³/mol. The van der Waals surface area contributed by atoms with Crippen molar-refractivity contribution in [2.45, 2.75) is 5.51 Å². The van der Waals surface area contributed by atoms with Gasteiger partial charge in [0.25, 0.3) is 0 Å². The largest absolute Gasteiger partial charge is 0.452 e. The van der Waals surface area contributed by atoms with Crippen LogP contribution in [-0.4, -0.2) is 15.3 Å². The van der Waals surface area contributed by atoms with E-state index in [1.54, 1.807) is 0 Å². The van der Waals surface area contributed by atoms with E-state index in [2.05, 4.69) is 15.6 Å². The Morgan fingerprint density at radius 2 is 1.69 bits per heavy atom. The molecule has 0 aliphatic heterocycles. The summed E-state index contributed by atoms with van der Waals surface area (Å²) in [5.41, 5.74) is -5.06. The first kappa shape index (κ1) is 13.8. The summed E-state index contributed by atoms with van der Waals surface area (Å²) in [5.74, 6) is 0. The van der Waals surface area contributed by atoms with Crippen LogP contribution in [-0.2, 0) is 13.4 Å². The monoisotopic (exact) mass is 280 g/mol. The fraction of sp³-hybridized carbons (Fsp3) is 1.00. The third kappa shape index (κ3) is 9.08. The summed E-state index contributed by atoms with van der Waals surface area (Å²) in [5, 5.41) is 0. The number of alkyl halides is 3. The number of rotatable bonds is 3. The highest BCUT2D eigenvalue weighted by molar-refractivity contribution is 8.55. The van der Waals surface area contributed by atoms with Crippen molar-refractivity contribution < 1.29 is 36.4 Å². The summed E-state index contributed by atoms with van der Waals surface area (Å²) >= 11 is 2.98. The van der Waals surface area contributed by atoms with E-state index in [1.807, 2.05) is 0 Å². The molecule has 80 valence electrons. The van der Waals surface area contributed by atoms with Gasteiger partial charge in [-0.2, -0.15) is 13.2 Å². The minimum atomic E-state index is -5.29. The van der Waals surface area contributed by atoms with Crippen molar-refractivity contribution in [2.75, 3.05) is 0 Å². The first-order chi connectivity index (χ1) is 5.41. The topological polar surface area (TPSA) is 83.8 Å². The Balaban J connectivity index is 4.44. The zero-order chi connectivity index (χ0) is 10.9. The van der Waals surface area contributed by atoms with Gasteiger partial charge >= 0.3 is 19.3 Å². The molecule has 2 unspecified atom stereocenters. The third-order valence-electron chi connectivity index (χ3n) is 0.423. The van der Waals surface area contributed by atoms with Crippen molar-refractivity contribution in [3.63, 3.8) is 0 Å². The van der Waals surface area contributed by atoms with Gasteiger partial charge in [-0.05, 0) is 0 Å². The molecule has 0 spiro atoms. The number of halogens is 4. The lowest BCUT2D eigenvalue weighted by Gasteiger charge is -2.12. The number of hydrogen-bond donors (Lipinski definition) is 2. The van der Waals surface area contributed by atoms with Crippen molar-refractivity contribution in [2.24, 2.45) is 0 Å². The molecule has 2 atom stereocenters. The predicted octanol–water partition coefficient (Wildman–Crippen LogP) is 2.70. The average Bonchev–Trinajstić information content (AvgIpc) is 1.43. The van der Waals surface area contributed by atoms with E-state index in [-0.39, 0.29) is 0 Å². The highest BCUT2D eigenvalue weighted by Gasteiger charge is 2.44. The molecule has 0 heterocycles. The van der Waals surface area contributed by atoms with Gasteiger partial charge in [0.1, 0.15) is 0 Å². The van der Waals surface area contributed by atoms with Gasteiger partial charge in [-0.3, -0.25) is 0 Å². The molecule has 0 radical (unpaired) electrons. The molecular weight excluding hydrogens is 278 g/mol. The molecule has 0 saturated heterocycles. The van der Waals surface area contributed by atoms with Gasteiger partial charge in [0.15, 0.2) is 0 Å². The molecule has 0 aromatic heterocycles. The van der Waals surface area contributed by atoms with Crippen LogP contribution in [0.2, 0.25) is 0 Å². The quantitative estimate of drug-likeness (QED) is 0.773. The average molecular weight is 280 g/mol. The van der Waals surface area contributed by atoms with Gasteiger partial charge in [0.2, 0.25) is 0 Å². The molecule has 0 amide bonds. The molecule has 0 aliphatic carbocycles. The van der Waals surface area contributed by atoms with Crippen LogP contribution in [0.4, 0.5) is 13.2 Å². The molecule has 0 bridgehead atoms.